The maximum absolute atomic E-state index is 5.01. The number of thioether (sulfide) groups is 1. The second-order valence-corrected chi connectivity index (χ2v) is 5.58. The van der Waals surface area contributed by atoms with Gasteiger partial charge in [-0.05, 0) is 18.5 Å². The van der Waals surface area contributed by atoms with Crippen LogP contribution in [0.15, 0.2) is 30.3 Å². The minimum Gasteiger partial charge on any atom is -0.385 e. The van der Waals surface area contributed by atoms with Gasteiger partial charge in [-0.3, -0.25) is 0 Å². The normalized spacial score (nSPS) is 12.6. The van der Waals surface area contributed by atoms with E-state index < -0.39 is 0 Å². The van der Waals surface area contributed by atoms with E-state index in [1.54, 1.807) is 7.11 Å². The first kappa shape index (κ1) is 14.6. The van der Waals surface area contributed by atoms with Crippen molar-refractivity contribution in [2.45, 2.75) is 24.3 Å². The van der Waals surface area contributed by atoms with E-state index in [0.717, 1.165) is 31.9 Å². The molecule has 0 bridgehead atoms. The molecule has 0 aliphatic carbocycles. The summed E-state index contributed by atoms with van der Waals surface area (Å²) in [6, 6.07) is 10.6. The molecule has 1 rings (SSSR count). The largest absolute Gasteiger partial charge is 0.385 e. The maximum atomic E-state index is 5.01. The Labute approximate surface area is 109 Å². The average molecular weight is 253 g/mol. The standard InChI is InChI=1S/C14H23NOS/c1-13(11-15-9-6-10-16-2)17-12-14-7-4-3-5-8-14/h3-5,7-8,13,15H,6,9-12H2,1-2H3. The van der Waals surface area contributed by atoms with Gasteiger partial charge in [-0.25, -0.2) is 0 Å². The summed E-state index contributed by atoms with van der Waals surface area (Å²) in [5.74, 6) is 1.10. The highest BCUT2D eigenvalue weighted by Gasteiger charge is 2.02. The Balaban J connectivity index is 2.03. The molecule has 0 amide bonds. The van der Waals surface area contributed by atoms with Crippen LogP contribution in [0.5, 0.6) is 0 Å². The van der Waals surface area contributed by atoms with E-state index in [2.05, 4.69) is 42.6 Å². The Morgan fingerprint density at radius 3 is 2.76 bits per heavy atom. The molecule has 0 spiro atoms. The summed E-state index contributed by atoms with van der Waals surface area (Å²) in [6.07, 6.45) is 1.09. The molecule has 0 saturated heterocycles. The van der Waals surface area contributed by atoms with Crippen LogP contribution in [-0.4, -0.2) is 32.1 Å². The Morgan fingerprint density at radius 2 is 2.06 bits per heavy atom. The van der Waals surface area contributed by atoms with E-state index in [-0.39, 0.29) is 0 Å². The van der Waals surface area contributed by atoms with Crippen molar-refractivity contribution in [3.8, 4) is 0 Å². The molecule has 96 valence electrons. The molecule has 0 aliphatic rings. The van der Waals surface area contributed by atoms with E-state index in [1.807, 2.05) is 11.8 Å². The van der Waals surface area contributed by atoms with Crippen LogP contribution < -0.4 is 5.32 Å². The molecule has 0 fully saturated rings. The van der Waals surface area contributed by atoms with Gasteiger partial charge in [0.05, 0.1) is 0 Å². The summed E-state index contributed by atoms with van der Waals surface area (Å²) < 4.78 is 5.01. The summed E-state index contributed by atoms with van der Waals surface area (Å²) in [6.45, 7) is 5.24. The number of rotatable bonds is 9. The number of nitrogens with one attached hydrogen (secondary N) is 1. The minimum atomic E-state index is 0.651. The molecule has 1 unspecified atom stereocenters. The zero-order valence-corrected chi connectivity index (χ0v) is 11.6. The fourth-order valence-electron chi connectivity index (χ4n) is 1.52. The lowest BCUT2D eigenvalue weighted by molar-refractivity contribution is 0.194. The summed E-state index contributed by atoms with van der Waals surface area (Å²) in [5, 5.41) is 4.11. The van der Waals surface area contributed by atoms with Crippen molar-refractivity contribution in [2.75, 3.05) is 26.8 Å². The average Bonchev–Trinajstić information content (AvgIpc) is 2.37. The molecule has 0 saturated carbocycles. The molecule has 0 heterocycles. The molecule has 2 nitrogen and oxygen atoms in total. The monoisotopic (exact) mass is 253 g/mol. The van der Waals surface area contributed by atoms with Crippen molar-refractivity contribution in [1.82, 2.24) is 5.32 Å². The third-order valence-electron chi connectivity index (χ3n) is 2.51. The van der Waals surface area contributed by atoms with Crippen molar-refractivity contribution in [3.05, 3.63) is 35.9 Å². The molecular weight excluding hydrogens is 230 g/mol. The van der Waals surface area contributed by atoms with Crippen LogP contribution in [0, 0.1) is 0 Å². The Kier molecular flexibility index (Phi) is 8.14. The molecule has 0 radical (unpaired) electrons. The third-order valence-corrected chi connectivity index (χ3v) is 3.75. The fraction of sp³-hybridized carbons (Fsp3) is 0.571. The molecule has 3 heteroatoms. The van der Waals surface area contributed by atoms with Gasteiger partial charge >= 0.3 is 0 Å². The van der Waals surface area contributed by atoms with Crippen molar-refractivity contribution in [2.24, 2.45) is 0 Å². The zero-order chi connectivity index (χ0) is 12.3. The highest BCUT2D eigenvalue weighted by Crippen LogP contribution is 2.16. The van der Waals surface area contributed by atoms with Crippen molar-refractivity contribution < 1.29 is 4.74 Å². The molecular formula is C14H23NOS. The predicted octanol–water partition coefficient (Wildman–Crippen LogP) is 2.93. The Hall–Kier alpha value is -0.510. The molecule has 0 aromatic heterocycles. The zero-order valence-electron chi connectivity index (χ0n) is 10.8. The van der Waals surface area contributed by atoms with Crippen molar-refractivity contribution >= 4 is 11.8 Å². The number of benzene rings is 1. The van der Waals surface area contributed by atoms with E-state index in [1.165, 1.54) is 5.56 Å². The van der Waals surface area contributed by atoms with Gasteiger partial charge in [0.1, 0.15) is 0 Å². The lowest BCUT2D eigenvalue weighted by atomic mass is 10.2. The highest BCUT2D eigenvalue weighted by molar-refractivity contribution is 7.99. The number of ether oxygens (including phenoxy) is 1. The van der Waals surface area contributed by atoms with Gasteiger partial charge in [0.2, 0.25) is 0 Å². The van der Waals surface area contributed by atoms with Gasteiger partial charge in [-0.15, -0.1) is 0 Å². The van der Waals surface area contributed by atoms with Gasteiger partial charge < -0.3 is 10.1 Å². The Morgan fingerprint density at radius 1 is 1.29 bits per heavy atom. The molecule has 1 aromatic rings. The number of hydrogen-bond acceptors (Lipinski definition) is 3. The van der Waals surface area contributed by atoms with Crippen molar-refractivity contribution in [3.63, 3.8) is 0 Å². The third kappa shape index (κ3) is 7.42. The fourth-order valence-corrected chi connectivity index (χ4v) is 2.42. The lowest BCUT2D eigenvalue weighted by Gasteiger charge is -2.12. The van der Waals surface area contributed by atoms with Gasteiger partial charge in [-0.1, -0.05) is 37.3 Å². The summed E-state index contributed by atoms with van der Waals surface area (Å²) in [7, 11) is 1.75. The summed E-state index contributed by atoms with van der Waals surface area (Å²) in [4.78, 5) is 0. The lowest BCUT2D eigenvalue weighted by Crippen LogP contribution is -2.24. The SMILES string of the molecule is COCCCNCC(C)SCc1ccccc1. The molecule has 1 atom stereocenters. The topological polar surface area (TPSA) is 21.3 Å². The minimum absolute atomic E-state index is 0.651. The van der Waals surface area contributed by atoms with Crippen LogP contribution in [0.25, 0.3) is 0 Å². The van der Waals surface area contributed by atoms with Crippen LogP contribution in [0.2, 0.25) is 0 Å². The molecule has 1 N–H and O–H groups in total. The maximum Gasteiger partial charge on any atom is 0.0474 e. The van der Waals surface area contributed by atoms with E-state index >= 15 is 0 Å². The second-order valence-electron chi connectivity index (χ2n) is 4.16. The van der Waals surface area contributed by atoms with Crippen LogP contribution in [0.4, 0.5) is 0 Å². The van der Waals surface area contributed by atoms with Gasteiger partial charge in [-0.2, -0.15) is 11.8 Å². The first-order valence-corrected chi connectivity index (χ1v) is 7.23. The van der Waals surface area contributed by atoms with Crippen molar-refractivity contribution in [1.29, 1.82) is 0 Å². The Bertz CT molecular complexity index is 279. The number of methoxy groups -OCH3 is 1. The highest BCUT2D eigenvalue weighted by atomic mass is 32.2. The first-order valence-electron chi connectivity index (χ1n) is 6.18. The second kappa shape index (κ2) is 9.51. The van der Waals surface area contributed by atoms with Gasteiger partial charge in [0.15, 0.2) is 0 Å². The van der Waals surface area contributed by atoms with Crippen LogP contribution in [0.3, 0.4) is 0 Å². The molecule has 0 aliphatic heterocycles. The quantitative estimate of drug-likeness (QED) is 0.684. The van der Waals surface area contributed by atoms with Crippen LogP contribution in [-0.2, 0) is 10.5 Å². The first-order chi connectivity index (χ1) is 8.33. The smallest absolute Gasteiger partial charge is 0.0474 e. The summed E-state index contributed by atoms with van der Waals surface area (Å²) in [5.41, 5.74) is 1.41. The van der Waals surface area contributed by atoms with E-state index in [9.17, 15) is 0 Å². The molecule has 17 heavy (non-hydrogen) atoms. The number of hydrogen-bond donors (Lipinski definition) is 1. The van der Waals surface area contributed by atoms with Gasteiger partial charge in [0, 0.05) is 31.3 Å². The van der Waals surface area contributed by atoms with E-state index in [0.29, 0.717) is 5.25 Å². The molecule has 1 aromatic carbocycles. The van der Waals surface area contributed by atoms with Crippen LogP contribution >= 0.6 is 11.8 Å². The summed E-state index contributed by atoms with van der Waals surface area (Å²) >= 11 is 2.00. The van der Waals surface area contributed by atoms with Gasteiger partial charge in [0.25, 0.3) is 0 Å². The predicted molar refractivity (Wildman–Crippen MR) is 76.6 cm³/mol. The van der Waals surface area contributed by atoms with E-state index in [4.69, 9.17) is 4.74 Å². The van der Waals surface area contributed by atoms with Crippen LogP contribution in [0.1, 0.15) is 18.9 Å².